The lowest BCUT2D eigenvalue weighted by atomic mass is 9.67. The number of ketones is 1. The molecule has 15 heavy (non-hydrogen) atoms. The Labute approximate surface area is 93.0 Å². The Hall–Kier alpha value is -0.370. The van der Waals surface area contributed by atoms with E-state index in [2.05, 4.69) is 18.7 Å². The molecule has 86 valence electrons. The van der Waals surface area contributed by atoms with E-state index in [9.17, 15) is 4.79 Å². The van der Waals surface area contributed by atoms with Gasteiger partial charge in [0.25, 0.3) is 0 Å². The molecule has 0 aromatic heterocycles. The van der Waals surface area contributed by atoms with Gasteiger partial charge < -0.3 is 4.90 Å². The fourth-order valence-electron chi connectivity index (χ4n) is 2.86. The van der Waals surface area contributed by atoms with Crippen molar-refractivity contribution in [2.24, 2.45) is 11.3 Å². The van der Waals surface area contributed by atoms with Crippen LogP contribution in [0.4, 0.5) is 0 Å². The molecule has 2 aliphatic rings. The highest BCUT2D eigenvalue weighted by Gasteiger charge is 2.35. The molecule has 1 aliphatic heterocycles. The van der Waals surface area contributed by atoms with Gasteiger partial charge in [-0.1, -0.05) is 20.3 Å². The predicted molar refractivity (Wildman–Crippen MR) is 61.8 cm³/mol. The first-order valence-electron chi connectivity index (χ1n) is 6.32. The fraction of sp³-hybridized carbons (Fsp3) is 0.923. The van der Waals surface area contributed by atoms with Gasteiger partial charge in [-0.05, 0) is 24.2 Å². The number of carbonyl (C=O) groups is 1. The van der Waals surface area contributed by atoms with E-state index in [1.165, 1.54) is 25.8 Å². The van der Waals surface area contributed by atoms with Gasteiger partial charge in [0.2, 0.25) is 0 Å². The summed E-state index contributed by atoms with van der Waals surface area (Å²) in [6, 6.07) is 0. The van der Waals surface area contributed by atoms with Crippen molar-refractivity contribution < 1.29 is 4.79 Å². The van der Waals surface area contributed by atoms with Crippen molar-refractivity contribution >= 4 is 5.78 Å². The second kappa shape index (κ2) is 4.25. The Kier molecular flexibility index (Phi) is 3.15. The number of nitrogens with zero attached hydrogens (tertiary/aromatic N) is 1. The Morgan fingerprint density at radius 1 is 1.27 bits per heavy atom. The van der Waals surface area contributed by atoms with Crippen LogP contribution < -0.4 is 0 Å². The Balaban J connectivity index is 1.82. The highest BCUT2D eigenvalue weighted by atomic mass is 16.1. The molecule has 0 spiro atoms. The maximum Gasteiger partial charge on any atom is 0.135 e. The second-order valence-electron chi connectivity index (χ2n) is 5.93. The summed E-state index contributed by atoms with van der Waals surface area (Å²) in [5.41, 5.74) is 0.457. The number of likely N-dealkylation sites (tertiary alicyclic amines) is 1. The molecule has 1 aliphatic carbocycles. The summed E-state index contributed by atoms with van der Waals surface area (Å²) in [6.45, 7) is 7.97. The molecule has 2 fully saturated rings. The van der Waals surface area contributed by atoms with Crippen LogP contribution in [0.15, 0.2) is 0 Å². The van der Waals surface area contributed by atoms with Crippen molar-refractivity contribution in [1.82, 2.24) is 4.90 Å². The molecule has 2 rings (SSSR count). The van der Waals surface area contributed by atoms with Crippen molar-refractivity contribution in [1.29, 1.82) is 0 Å². The highest BCUT2D eigenvalue weighted by Crippen LogP contribution is 2.42. The first kappa shape index (κ1) is 11.1. The van der Waals surface area contributed by atoms with E-state index in [4.69, 9.17) is 0 Å². The number of hydrogen-bond donors (Lipinski definition) is 0. The lowest BCUT2D eigenvalue weighted by Crippen LogP contribution is -2.44. The van der Waals surface area contributed by atoms with Crippen molar-refractivity contribution in [2.45, 2.75) is 46.0 Å². The average Bonchev–Trinajstić information content (AvgIpc) is 2.04. The van der Waals surface area contributed by atoms with Gasteiger partial charge >= 0.3 is 0 Å². The predicted octanol–water partition coefficient (Wildman–Crippen LogP) is 2.48. The van der Waals surface area contributed by atoms with Gasteiger partial charge in [0, 0.05) is 32.5 Å². The van der Waals surface area contributed by atoms with Gasteiger partial charge in [0.1, 0.15) is 5.78 Å². The molecule has 1 saturated carbocycles. The van der Waals surface area contributed by atoms with Crippen LogP contribution in [0.25, 0.3) is 0 Å². The number of carbonyl (C=O) groups excluding carboxylic acids is 1. The summed E-state index contributed by atoms with van der Waals surface area (Å²) in [7, 11) is 0. The molecular formula is C13H23NO. The molecule has 2 nitrogen and oxygen atoms in total. The zero-order chi connectivity index (χ0) is 10.9. The number of Topliss-reactive ketones (excluding diaryl/α,β-unsaturated/α-hetero) is 1. The Morgan fingerprint density at radius 2 is 1.87 bits per heavy atom. The summed E-state index contributed by atoms with van der Waals surface area (Å²) in [5.74, 6) is 1.38. The van der Waals surface area contributed by atoms with Crippen LogP contribution in [0.5, 0.6) is 0 Å². The normalized spacial score (nSPS) is 25.3. The standard InChI is InChI=1S/C13H23NO/c1-13(2,11-4-3-5-11)10-14-8-6-12(15)7-9-14/h11H,3-10H2,1-2H3. The Morgan fingerprint density at radius 3 is 2.33 bits per heavy atom. The van der Waals surface area contributed by atoms with Crippen LogP contribution in [0, 0.1) is 11.3 Å². The molecule has 0 unspecified atom stereocenters. The van der Waals surface area contributed by atoms with E-state index in [1.807, 2.05) is 0 Å². The third kappa shape index (κ3) is 2.60. The maximum absolute atomic E-state index is 11.1. The summed E-state index contributed by atoms with van der Waals surface area (Å²) in [5, 5.41) is 0. The lowest BCUT2D eigenvalue weighted by molar-refractivity contribution is -0.121. The molecule has 1 saturated heterocycles. The van der Waals surface area contributed by atoms with Crippen LogP contribution in [0.2, 0.25) is 0 Å². The van der Waals surface area contributed by atoms with Gasteiger partial charge in [-0.2, -0.15) is 0 Å². The smallest absolute Gasteiger partial charge is 0.135 e. The molecule has 0 atom stereocenters. The first-order valence-corrected chi connectivity index (χ1v) is 6.32. The van der Waals surface area contributed by atoms with E-state index in [1.54, 1.807) is 0 Å². The summed E-state index contributed by atoms with van der Waals surface area (Å²) < 4.78 is 0. The third-order valence-corrected chi connectivity index (χ3v) is 4.26. The van der Waals surface area contributed by atoms with Gasteiger partial charge in [-0.15, -0.1) is 0 Å². The monoisotopic (exact) mass is 209 g/mol. The van der Waals surface area contributed by atoms with Gasteiger partial charge in [-0.3, -0.25) is 4.79 Å². The van der Waals surface area contributed by atoms with Crippen molar-refractivity contribution in [3.8, 4) is 0 Å². The van der Waals surface area contributed by atoms with Crippen LogP contribution in [0.3, 0.4) is 0 Å². The van der Waals surface area contributed by atoms with Crippen LogP contribution >= 0.6 is 0 Å². The van der Waals surface area contributed by atoms with Gasteiger partial charge in [0.15, 0.2) is 0 Å². The van der Waals surface area contributed by atoms with Crippen LogP contribution in [0.1, 0.15) is 46.0 Å². The molecule has 1 heterocycles. The van der Waals surface area contributed by atoms with Crippen molar-refractivity contribution in [3.05, 3.63) is 0 Å². The average molecular weight is 209 g/mol. The van der Waals surface area contributed by atoms with Gasteiger partial charge in [0.05, 0.1) is 0 Å². The lowest BCUT2D eigenvalue weighted by Gasteiger charge is -2.44. The third-order valence-electron chi connectivity index (χ3n) is 4.26. The minimum absolute atomic E-state index is 0.452. The first-order chi connectivity index (χ1) is 7.08. The second-order valence-corrected chi connectivity index (χ2v) is 5.93. The quantitative estimate of drug-likeness (QED) is 0.711. The van der Waals surface area contributed by atoms with Gasteiger partial charge in [-0.25, -0.2) is 0 Å². The number of piperidine rings is 1. The van der Waals surface area contributed by atoms with E-state index in [0.717, 1.165) is 31.8 Å². The van der Waals surface area contributed by atoms with E-state index < -0.39 is 0 Å². The fourth-order valence-corrected chi connectivity index (χ4v) is 2.86. The van der Waals surface area contributed by atoms with E-state index >= 15 is 0 Å². The molecule has 0 amide bonds. The minimum atomic E-state index is 0.452. The molecule has 0 radical (unpaired) electrons. The van der Waals surface area contributed by atoms with Crippen LogP contribution in [-0.4, -0.2) is 30.3 Å². The minimum Gasteiger partial charge on any atom is -0.302 e. The molecule has 2 heteroatoms. The zero-order valence-corrected chi connectivity index (χ0v) is 10.1. The number of rotatable bonds is 3. The number of hydrogen-bond acceptors (Lipinski definition) is 2. The highest BCUT2D eigenvalue weighted by molar-refractivity contribution is 5.79. The summed E-state index contributed by atoms with van der Waals surface area (Å²) in [4.78, 5) is 13.6. The van der Waals surface area contributed by atoms with Crippen LogP contribution in [-0.2, 0) is 4.79 Å². The largest absolute Gasteiger partial charge is 0.302 e. The molecule has 0 bridgehead atoms. The molecule has 0 aromatic carbocycles. The van der Waals surface area contributed by atoms with E-state index in [-0.39, 0.29) is 0 Å². The summed E-state index contributed by atoms with van der Waals surface area (Å²) in [6.07, 6.45) is 5.81. The maximum atomic E-state index is 11.1. The molecule has 0 N–H and O–H groups in total. The SMILES string of the molecule is CC(C)(CN1CCC(=O)CC1)C1CCC1. The van der Waals surface area contributed by atoms with Crippen molar-refractivity contribution in [2.75, 3.05) is 19.6 Å². The zero-order valence-electron chi connectivity index (χ0n) is 10.1. The van der Waals surface area contributed by atoms with Crippen molar-refractivity contribution in [3.63, 3.8) is 0 Å². The molecule has 0 aromatic rings. The topological polar surface area (TPSA) is 20.3 Å². The van der Waals surface area contributed by atoms with E-state index in [0.29, 0.717) is 11.2 Å². The summed E-state index contributed by atoms with van der Waals surface area (Å²) >= 11 is 0. The Bertz CT molecular complexity index is 233. The molecular weight excluding hydrogens is 186 g/mol.